The molecule has 0 aromatic rings. The summed E-state index contributed by atoms with van der Waals surface area (Å²) < 4.78 is 16.4. The Hall–Kier alpha value is 0.0169. The Bertz CT molecular complexity index is 252. The Morgan fingerprint density at radius 3 is 2.00 bits per heavy atom. The predicted molar refractivity (Wildman–Crippen MR) is 78.2 cm³/mol. The number of hydrogen-bond acceptors (Lipinski definition) is 5. The van der Waals surface area contributed by atoms with Gasteiger partial charge in [-0.05, 0) is 19.3 Å². The number of hydrogen-bond donors (Lipinski definition) is 2. The summed E-state index contributed by atoms with van der Waals surface area (Å²) in [5.41, 5.74) is -2.09. The fourth-order valence-electron chi connectivity index (χ4n) is 2.07. The van der Waals surface area contributed by atoms with E-state index in [1.165, 1.54) is 0 Å². The van der Waals surface area contributed by atoms with Crippen LogP contribution >= 0.6 is 0 Å². The van der Waals surface area contributed by atoms with Crippen molar-refractivity contribution >= 4 is 10.5 Å². The smallest absolute Gasteiger partial charge is 0.146 e. The second-order valence-corrected chi connectivity index (χ2v) is 6.75. The lowest BCUT2D eigenvalue weighted by molar-refractivity contribution is -0.228. The maximum Gasteiger partial charge on any atom is 0.146 e. The van der Waals surface area contributed by atoms with E-state index in [1.54, 1.807) is 6.92 Å². The Morgan fingerprint density at radius 1 is 1.00 bits per heavy atom. The van der Waals surface area contributed by atoms with Crippen LogP contribution in [0.1, 0.15) is 34.6 Å². The molecule has 0 aromatic carbocycles. The van der Waals surface area contributed by atoms with Gasteiger partial charge in [-0.2, -0.15) is 0 Å². The summed E-state index contributed by atoms with van der Waals surface area (Å²) in [6.45, 7) is 11.1. The van der Waals surface area contributed by atoms with E-state index in [-0.39, 0.29) is 18.6 Å². The van der Waals surface area contributed by atoms with Gasteiger partial charge in [0.25, 0.3) is 0 Å². The molecule has 0 amide bonds. The molecular formula is C13H30O5Si. The summed E-state index contributed by atoms with van der Waals surface area (Å²) in [5, 5.41) is 19.3. The molecule has 0 radical (unpaired) electrons. The molecular weight excluding hydrogens is 264 g/mol. The average molecular weight is 294 g/mol. The molecule has 5 nitrogen and oxygen atoms in total. The van der Waals surface area contributed by atoms with Gasteiger partial charge in [0, 0.05) is 0 Å². The highest BCUT2D eigenvalue weighted by atomic mass is 28.2. The average Bonchev–Trinajstić information content (AvgIpc) is 2.26. The van der Waals surface area contributed by atoms with Crippen molar-refractivity contribution in [2.45, 2.75) is 45.8 Å². The molecule has 0 spiro atoms. The van der Waals surface area contributed by atoms with Crippen molar-refractivity contribution in [1.82, 2.24) is 0 Å². The number of aliphatic hydroxyl groups is 2. The van der Waals surface area contributed by atoms with Gasteiger partial charge >= 0.3 is 0 Å². The van der Waals surface area contributed by atoms with Crippen LogP contribution in [0.2, 0.25) is 0 Å². The molecule has 0 bridgehead atoms. The van der Waals surface area contributed by atoms with Crippen LogP contribution < -0.4 is 0 Å². The molecule has 0 aliphatic rings. The molecule has 0 fully saturated rings. The van der Waals surface area contributed by atoms with Gasteiger partial charge in [-0.25, -0.2) is 0 Å². The Kier molecular flexibility index (Phi) is 7.71. The number of rotatable bonds is 9. The zero-order valence-corrected chi connectivity index (χ0v) is 15.2. The maximum absolute atomic E-state index is 10.7. The normalized spacial score (nSPS) is 19.1. The molecule has 2 unspecified atom stereocenters. The summed E-state index contributed by atoms with van der Waals surface area (Å²) in [6.07, 6.45) is 0. The summed E-state index contributed by atoms with van der Waals surface area (Å²) in [6, 6.07) is 0. The highest BCUT2D eigenvalue weighted by Gasteiger charge is 2.52. The largest absolute Gasteiger partial charge is 0.425 e. The summed E-state index contributed by atoms with van der Waals surface area (Å²) in [5.74, 6) is 0. The van der Waals surface area contributed by atoms with Crippen molar-refractivity contribution < 1.29 is 24.1 Å². The third-order valence-electron chi connectivity index (χ3n) is 3.74. The van der Waals surface area contributed by atoms with E-state index in [0.717, 1.165) is 0 Å². The van der Waals surface area contributed by atoms with E-state index >= 15 is 0 Å². The second-order valence-electron chi connectivity index (χ2n) is 6.17. The topological polar surface area (TPSA) is 68.2 Å². The minimum Gasteiger partial charge on any atom is -0.425 e. The monoisotopic (exact) mass is 294 g/mol. The van der Waals surface area contributed by atoms with E-state index in [0.29, 0.717) is 30.3 Å². The standard InChI is InChI=1S/C13H30O5Si/c1-11(2,3)13(5,12(4,15)10-18-19)17-9-8-16-7-6-14/h14-15H,6-10H2,1-5,19H3. The fourth-order valence-corrected chi connectivity index (χ4v) is 2.63. The van der Waals surface area contributed by atoms with E-state index in [4.69, 9.17) is 19.0 Å². The van der Waals surface area contributed by atoms with Crippen LogP contribution in [-0.2, 0) is 13.9 Å². The van der Waals surface area contributed by atoms with Crippen molar-refractivity contribution in [1.29, 1.82) is 0 Å². The third kappa shape index (κ3) is 5.13. The molecule has 0 saturated heterocycles. The lowest BCUT2D eigenvalue weighted by atomic mass is 9.68. The number of ether oxygens (including phenoxy) is 2. The molecule has 0 aromatic heterocycles. The highest BCUT2D eigenvalue weighted by Crippen LogP contribution is 2.42. The molecule has 0 saturated carbocycles. The second kappa shape index (κ2) is 7.71. The van der Waals surface area contributed by atoms with Gasteiger partial charge < -0.3 is 24.1 Å². The lowest BCUT2D eigenvalue weighted by Crippen LogP contribution is -2.62. The predicted octanol–water partition coefficient (Wildman–Crippen LogP) is -0.135. The molecule has 0 rings (SSSR count). The van der Waals surface area contributed by atoms with Crippen LogP contribution in [0.25, 0.3) is 0 Å². The molecule has 0 aliphatic carbocycles. The molecule has 19 heavy (non-hydrogen) atoms. The van der Waals surface area contributed by atoms with Crippen LogP contribution in [-0.4, -0.2) is 64.9 Å². The van der Waals surface area contributed by atoms with Crippen LogP contribution in [0.4, 0.5) is 0 Å². The Labute approximate surface area is 119 Å². The van der Waals surface area contributed by atoms with Gasteiger partial charge in [0.1, 0.15) is 21.7 Å². The first-order chi connectivity index (χ1) is 8.62. The summed E-state index contributed by atoms with van der Waals surface area (Å²) in [4.78, 5) is 0. The minimum absolute atomic E-state index is 0.00254. The molecule has 116 valence electrons. The molecule has 2 N–H and O–H groups in total. The van der Waals surface area contributed by atoms with Crippen molar-refractivity contribution in [3.63, 3.8) is 0 Å². The first-order valence-corrected chi connectivity index (χ1v) is 7.48. The van der Waals surface area contributed by atoms with Crippen molar-refractivity contribution in [2.24, 2.45) is 5.41 Å². The Morgan fingerprint density at radius 2 is 1.58 bits per heavy atom. The SMILES string of the molecule is CC(C)(C)C(C)(OCCOCCO)C(C)(O)CO[SiH3]. The van der Waals surface area contributed by atoms with Crippen LogP contribution in [0.5, 0.6) is 0 Å². The summed E-state index contributed by atoms with van der Waals surface area (Å²) >= 11 is 0. The van der Waals surface area contributed by atoms with E-state index < -0.39 is 11.2 Å². The van der Waals surface area contributed by atoms with E-state index in [1.807, 2.05) is 27.7 Å². The van der Waals surface area contributed by atoms with E-state index in [2.05, 4.69) is 0 Å². The van der Waals surface area contributed by atoms with Gasteiger partial charge in [-0.3, -0.25) is 0 Å². The number of aliphatic hydroxyl groups excluding tert-OH is 1. The van der Waals surface area contributed by atoms with Crippen LogP contribution in [0.3, 0.4) is 0 Å². The van der Waals surface area contributed by atoms with Gasteiger partial charge in [0.05, 0.1) is 33.0 Å². The quantitative estimate of drug-likeness (QED) is 0.458. The first-order valence-electron chi connectivity index (χ1n) is 6.66. The van der Waals surface area contributed by atoms with Gasteiger partial charge in [0.15, 0.2) is 0 Å². The molecule has 0 aliphatic heterocycles. The lowest BCUT2D eigenvalue weighted by Gasteiger charge is -2.50. The van der Waals surface area contributed by atoms with Crippen LogP contribution in [0, 0.1) is 5.41 Å². The van der Waals surface area contributed by atoms with Crippen LogP contribution in [0.15, 0.2) is 0 Å². The van der Waals surface area contributed by atoms with Gasteiger partial charge in [-0.1, -0.05) is 20.8 Å². The highest BCUT2D eigenvalue weighted by molar-refractivity contribution is 5.98. The van der Waals surface area contributed by atoms with E-state index in [9.17, 15) is 5.11 Å². The maximum atomic E-state index is 10.7. The molecule has 0 heterocycles. The fraction of sp³-hybridized carbons (Fsp3) is 1.00. The van der Waals surface area contributed by atoms with Crippen molar-refractivity contribution in [3.05, 3.63) is 0 Å². The van der Waals surface area contributed by atoms with Gasteiger partial charge in [0.2, 0.25) is 0 Å². The van der Waals surface area contributed by atoms with Crippen molar-refractivity contribution in [3.8, 4) is 0 Å². The first kappa shape index (κ1) is 19.0. The zero-order valence-electron chi connectivity index (χ0n) is 13.2. The zero-order chi connectivity index (χ0) is 15.2. The van der Waals surface area contributed by atoms with Crippen molar-refractivity contribution in [2.75, 3.05) is 33.0 Å². The summed E-state index contributed by atoms with van der Waals surface area (Å²) in [7, 11) is 0.579. The molecule has 2 atom stereocenters. The molecule has 6 heteroatoms. The van der Waals surface area contributed by atoms with Gasteiger partial charge in [-0.15, -0.1) is 0 Å². The minimum atomic E-state index is -1.08. The third-order valence-corrected chi connectivity index (χ3v) is 4.03. The Balaban J connectivity index is 4.71.